The van der Waals surface area contributed by atoms with E-state index in [1.807, 2.05) is 62.4 Å². The number of rotatable bonds is 7. The van der Waals surface area contributed by atoms with Crippen LogP contribution in [-0.2, 0) is 14.9 Å². The molecule has 1 amide bonds. The van der Waals surface area contributed by atoms with Crippen molar-refractivity contribution in [1.29, 1.82) is 0 Å². The Bertz CT molecular complexity index is 860. The molecule has 1 atom stereocenters. The molecule has 5 heteroatoms. The minimum atomic E-state index is -0.954. The average Bonchev–Trinajstić information content (AvgIpc) is 3.27. The van der Waals surface area contributed by atoms with Gasteiger partial charge in [0.1, 0.15) is 5.41 Å². The molecule has 5 nitrogen and oxygen atoms in total. The summed E-state index contributed by atoms with van der Waals surface area (Å²) in [5.74, 6) is -0.502. The predicted octanol–water partition coefficient (Wildman–Crippen LogP) is 3.85. The number of ether oxygens (including phenoxy) is 1. The number of nitrogens with zero attached hydrogens (tertiary/aromatic N) is 1. The summed E-state index contributed by atoms with van der Waals surface area (Å²) in [7, 11) is 0. The van der Waals surface area contributed by atoms with Gasteiger partial charge in [-0.25, -0.2) is 0 Å². The first-order valence-corrected chi connectivity index (χ1v) is 10.3. The van der Waals surface area contributed by atoms with Crippen LogP contribution in [0.2, 0.25) is 0 Å². The van der Waals surface area contributed by atoms with Crippen molar-refractivity contribution < 1.29 is 14.3 Å². The number of amides is 1. The monoisotopic (exact) mass is 394 g/mol. The van der Waals surface area contributed by atoms with Crippen molar-refractivity contribution in [3.63, 3.8) is 0 Å². The van der Waals surface area contributed by atoms with E-state index in [1.54, 1.807) is 6.92 Å². The van der Waals surface area contributed by atoms with Crippen LogP contribution in [0.4, 0.5) is 5.69 Å². The Morgan fingerprint density at radius 3 is 2.45 bits per heavy atom. The molecule has 1 saturated heterocycles. The van der Waals surface area contributed by atoms with E-state index in [4.69, 9.17) is 4.74 Å². The summed E-state index contributed by atoms with van der Waals surface area (Å²) in [5, 5.41) is 3.00. The normalized spacial score (nSPS) is 15.6. The molecule has 154 valence electrons. The smallest absolute Gasteiger partial charge is 0.318 e. The number of nitrogens with one attached hydrogen (secondary N) is 1. The summed E-state index contributed by atoms with van der Waals surface area (Å²) in [6.45, 7) is 7.99. The predicted molar refractivity (Wildman–Crippen MR) is 115 cm³/mol. The number of anilines is 1. The molecular formula is C24H30N2O3. The molecule has 29 heavy (non-hydrogen) atoms. The summed E-state index contributed by atoms with van der Waals surface area (Å²) >= 11 is 0. The van der Waals surface area contributed by atoms with Crippen LogP contribution < -0.4 is 10.2 Å². The van der Waals surface area contributed by atoms with Gasteiger partial charge in [-0.05, 0) is 51.3 Å². The standard InChI is InChI=1S/C24H30N2O3/c1-4-29-23(28)24(3,19-10-6-5-7-11-19)17-25-22(27)20-16-18(2)12-13-21(20)26-14-8-9-15-26/h5-7,10-13,16H,4,8-9,14-15,17H2,1-3H3,(H,25,27). The fourth-order valence-electron chi connectivity index (χ4n) is 3.81. The fraction of sp³-hybridized carbons (Fsp3) is 0.417. The zero-order valence-corrected chi connectivity index (χ0v) is 17.5. The first kappa shape index (κ1) is 20.9. The second-order valence-electron chi connectivity index (χ2n) is 7.82. The van der Waals surface area contributed by atoms with Crippen LogP contribution in [0.25, 0.3) is 0 Å². The van der Waals surface area contributed by atoms with Crippen LogP contribution in [0.1, 0.15) is 48.2 Å². The summed E-state index contributed by atoms with van der Waals surface area (Å²) in [4.78, 5) is 28.2. The molecule has 3 rings (SSSR count). The van der Waals surface area contributed by atoms with Gasteiger partial charge in [-0.1, -0.05) is 42.0 Å². The highest BCUT2D eigenvalue weighted by atomic mass is 16.5. The van der Waals surface area contributed by atoms with E-state index in [9.17, 15) is 9.59 Å². The molecule has 1 aliphatic heterocycles. The van der Waals surface area contributed by atoms with Crippen LogP contribution in [0.3, 0.4) is 0 Å². The molecule has 0 bridgehead atoms. The number of carbonyl (C=O) groups excluding carboxylic acids is 2. The second kappa shape index (κ2) is 9.12. The topological polar surface area (TPSA) is 58.6 Å². The average molecular weight is 395 g/mol. The highest BCUT2D eigenvalue weighted by Gasteiger charge is 2.37. The molecule has 0 aliphatic carbocycles. The Morgan fingerprint density at radius 2 is 1.79 bits per heavy atom. The molecule has 1 heterocycles. The van der Waals surface area contributed by atoms with Gasteiger partial charge in [0, 0.05) is 25.3 Å². The van der Waals surface area contributed by atoms with Crippen LogP contribution in [-0.4, -0.2) is 38.1 Å². The van der Waals surface area contributed by atoms with Gasteiger partial charge in [-0.15, -0.1) is 0 Å². The lowest BCUT2D eigenvalue weighted by Gasteiger charge is -2.28. The van der Waals surface area contributed by atoms with Crippen LogP contribution in [0, 0.1) is 6.92 Å². The zero-order valence-electron chi connectivity index (χ0n) is 17.5. The van der Waals surface area contributed by atoms with Gasteiger partial charge in [0.15, 0.2) is 0 Å². The minimum Gasteiger partial charge on any atom is -0.465 e. The fourth-order valence-corrected chi connectivity index (χ4v) is 3.81. The maximum absolute atomic E-state index is 13.1. The summed E-state index contributed by atoms with van der Waals surface area (Å²) < 4.78 is 5.33. The maximum Gasteiger partial charge on any atom is 0.318 e. The largest absolute Gasteiger partial charge is 0.465 e. The van der Waals surface area contributed by atoms with E-state index in [1.165, 1.54) is 0 Å². The summed E-state index contributed by atoms with van der Waals surface area (Å²) in [5.41, 5.74) is 2.52. The molecule has 0 radical (unpaired) electrons. The van der Waals surface area contributed by atoms with E-state index in [0.29, 0.717) is 12.2 Å². The number of carbonyl (C=O) groups is 2. The summed E-state index contributed by atoms with van der Waals surface area (Å²) in [6, 6.07) is 15.5. The molecule has 1 N–H and O–H groups in total. The van der Waals surface area contributed by atoms with E-state index >= 15 is 0 Å². The molecule has 1 unspecified atom stereocenters. The lowest BCUT2D eigenvalue weighted by atomic mass is 9.82. The Kier molecular flexibility index (Phi) is 6.57. The van der Waals surface area contributed by atoms with Crippen molar-refractivity contribution in [1.82, 2.24) is 5.32 Å². The Morgan fingerprint density at radius 1 is 1.10 bits per heavy atom. The van der Waals surface area contributed by atoms with Crippen LogP contribution in [0.15, 0.2) is 48.5 Å². The third-order valence-corrected chi connectivity index (χ3v) is 5.58. The zero-order chi connectivity index (χ0) is 20.9. The van der Waals surface area contributed by atoms with Gasteiger partial charge in [0.2, 0.25) is 0 Å². The number of benzene rings is 2. The van der Waals surface area contributed by atoms with Gasteiger partial charge >= 0.3 is 5.97 Å². The van der Waals surface area contributed by atoms with Crippen molar-refractivity contribution in [3.05, 3.63) is 65.2 Å². The third-order valence-electron chi connectivity index (χ3n) is 5.58. The maximum atomic E-state index is 13.1. The van der Waals surface area contributed by atoms with Gasteiger partial charge in [-0.2, -0.15) is 0 Å². The van der Waals surface area contributed by atoms with Gasteiger partial charge < -0.3 is 15.0 Å². The molecule has 2 aromatic rings. The SMILES string of the molecule is CCOC(=O)C(C)(CNC(=O)c1cc(C)ccc1N1CCCC1)c1ccccc1. The highest BCUT2D eigenvalue weighted by Crippen LogP contribution is 2.28. The Hall–Kier alpha value is -2.82. The molecular weight excluding hydrogens is 364 g/mol. The van der Waals surface area contributed by atoms with E-state index < -0.39 is 5.41 Å². The molecule has 2 aromatic carbocycles. The van der Waals surface area contributed by atoms with Crippen LogP contribution >= 0.6 is 0 Å². The molecule has 0 saturated carbocycles. The summed E-state index contributed by atoms with van der Waals surface area (Å²) in [6.07, 6.45) is 2.29. The van der Waals surface area contributed by atoms with Gasteiger partial charge in [-0.3, -0.25) is 9.59 Å². The number of aryl methyl sites for hydroxylation is 1. The number of hydrogen-bond acceptors (Lipinski definition) is 4. The van der Waals surface area contributed by atoms with Crippen molar-refractivity contribution in [3.8, 4) is 0 Å². The lowest BCUT2D eigenvalue weighted by Crippen LogP contribution is -2.45. The van der Waals surface area contributed by atoms with Crippen molar-refractivity contribution in [2.75, 3.05) is 31.1 Å². The first-order chi connectivity index (χ1) is 14.0. The minimum absolute atomic E-state index is 0.165. The van der Waals surface area contributed by atoms with Crippen molar-refractivity contribution in [2.24, 2.45) is 0 Å². The quantitative estimate of drug-likeness (QED) is 0.725. The van der Waals surface area contributed by atoms with Crippen molar-refractivity contribution >= 4 is 17.6 Å². The van der Waals surface area contributed by atoms with E-state index in [-0.39, 0.29) is 18.4 Å². The van der Waals surface area contributed by atoms with E-state index in [0.717, 1.165) is 42.7 Å². The molecule has 0 aromatic heterocycles. The number of esters is 1. The second-order valence-corrected chi connectivity index (χ2v) is 7.82. The van der Waals surface area contributed by atoms with Crippen LogP contribution in [0.5, 0.6) is 0 Å². The van der Waals surface area contributed by atoms with Crippen molar-refractivity contribution in [2.45, 2.75) is 39.0 Å². The lowest BCUT2D eigenvalue weighted by molar-refractivity contribution is -0.149. The van der Waals surface area contributed by atoms with E-state index in [2.05, 4.69) is 10.2 Å². The number of hydrogen-bond donors (Lipinski definition) is 1. The third kappa shape index (κ3) is 4.61. The molecule has 0 spiro atoms. The Balaban J connectivity index is 1.84. The Labute approximate surface area is 173 Å². The first-order valence-electron chi connectivity index (χ1n) is 10.3. The molecule has 1 aliphatic rings. The highest BCUT2D eigenvalue weighted by molar-refractivity contribution is 6.00. The van der Waals surface area contributed by atoms with Gasteiger partial charge in [0.25, 0.3) is 5.91 Å². The molecule has 1 fully saturated rings. The van der Waals surface area contributed by atoms with Gasteiger partial charge in [0.05, 0.1) is 12.2 Å².